The lowest BCUT2D eigenvalue weighted by Crippen LogP contribution is -2.17. The fraction of sp³-hybridized carbons (Fsp3) is 0.231. The van der Waals surface area contributed by atoms with E-state index in [0.717, 1.165) is 16.3 Å². The Morgan fingerprint density at radius 2 is 1.93 bits per heavy atom. The largest absolute Gasteiger partial charge is 0.507 e. The van der Waals surface area contributed by atoms with Crippen molar-refractivity contribution in [2.24, 2.45) is 5.73 Å². The Labute approximate surface area is 89.3 Å². The third kappa shape index (κ3) is 1.95. The number of benzene rings is 2. The summed E-state index contributed by atoms with van der Waals surface area (Å²) in [6.45, 7) is 1.94. The molecule has 2 rings (SSSR count). The Kier molecular flexibility index (Phi) is 2.60. The van der Waals surface area contributed by atoms with Crippen molar-refractivity contribution in [2.45, 2.75) is 19.4 Å². The molecule has 2 heteroatoms. The number of phenols is 1. The van der Waals surface area contributed by atoms with E-state index in [0.29, 0.717) is 12.2 Å². The van der Waals surface area contributed by atoms with Crippen LogP contribution in [0.4, 0.5) is 0 Å². The maximum absolute atomic E-state index is 10.0. The van der Waals surface area contributed by atoms with Crippen molar-refractivity contribution in [1.29, 1.82) is 0 Å². The van der Waals surface area contributed by atoms with Gasteiger partial charge in [0.2, 0.25) is 0 Å². The number of rotatable bonds is 2. The summed E-state index contributed by atoms with van der Waals surface area (Å²) in [4.78, 5) is 0. The number of nitrogens with two attached hydrogens (primary N) is 1. The normalized spacial score (nSPS) is 12.9. The van der Waals surface area contributed by atoms with Gasteiger partial charge in [0.1, 0.15) is 5.75 Å². The van der Waals surface area contributed by atoms with Crippen molar-refractivity contribution < 1.29 is 5.11 Å². The molecule has 0 saturated carbocycles. The van der Waals surface area contributed by atoms with E-state index < -0.39 is 0 Å². The third-order valence-corrected chi connectivity index (χ3v) is 2.53. The van der Waals surface area contributed by atoms with E-state index in [-0.39, 0.29) is 6.04 Å². The highest BCUT2D eigenvalue weighted by molar-refractivity contribution is 5.89. The topological polar surface area (TPSA) is 46.2 Å². The lowest BCUT2D eigenvalue weighted by Gasteiger charge is -2.09. The Morgan fingerprint density at radius 1 is 1.20 bits per heavy atom. The summed E-state index contributed by atoms with van der Waals surface area (Å²) in [5.41, 5.74) is 6.65. The van der Waals surface area contributed by atoms with Gasteiger partial charge in [-0.15, -0.1) is 0 Å². The first kappa shape index (κ1) is 9.99. The van der Waals surface area contributed by atoms with Crippen molar-refractivity contribution in [3.05, 3.63) is 42.0 Å². The SMILES string of the molecule is CC(N)Cc1ccc2ccccc2c1O. The first-order valence-corrected chi connectivity index (χ1v) is 5.13. The van der Waals surface area contributed by atoms with Gasteiger partial charge in [-0.2, -0.15) is 0 Å². The zero-order chi connectivity index (χ0) is 10.8. The molecule has 3 N–H and O–H groups in total. The van der Waals surface area contributed by atoms with Gasteiger partial charge in [0.05, 0.1) is 0 Å². The van der Waals surface area contributed by atoms with Crippen LogP contribution in [0, 0.1) is 0 Å². The molecule has 0 aliphatic carbocycles. The lowest BCUT2D eigenvalue weighted by atomic mass is 10.0. The van der Waals surface area contributed by atoms with Crippen LogP contribution in [0.3, 0.4) is 0 Å². The molecule has 0 saturated heterocycles. The summed E-state index contributed by atoms with van der Waals surface area (Å²) >= 11 is 0. The number of fused-ring (bicyclic) bond motifs is 1. The highest BCUT2D eigenvalue weighted by Gasteiger charge is 2.07. The van der Waals surface area contributed by atoms with Crippen LogP contribution in [0.5, 0.6) is 5.75 Å². The van der Waals surface area contributed by atoms with E-state index in [1.807, 2.05) is 43.3 Å². The highest BCUT2D eigenvalue weighted by Crippen LogP contribution is 2.28. The highest BCUT2D eigenvalue weighted by atomic mass is 16.3. The van der Waals surface area contributed by atoms with Crippen molar-refractivity contribution in [3.63, 3.8) is 0 Å². The van der Waals surface area contributed by atoms with Gasteiger partial charge in [0, 0.05) is 11.4 Å². The molecule has 0 fully saturated rings. The predicted molar refractivity (Wildman–Crippen MR) is 63.0 cm³/mol. The Bertz CT molecular complexity index is 477. The van der Waals surface area contributed by atoms with Crippen LogP contribution in [-0.4, -0.2) is 11.1 Å². The lowest BCUT2D eigenvalue weighted by molar-refractivity contribution is 0.472. The standard InChI is InChI=1S/C13H15NO/c1-9(14)8-11-7-6-10-4-2-3-5-12(10)13(11)15/h2-7,9,15H,8,14H2,1H3. The molecule has 0 aliphatic rings. The van der Waals surface area contributed by atoms with E-state index in [4.69, 9.17) is 5.73 Å². The Balaban J connectivity index is 2.55. The molecular formula is C13H15NO. The van der Waals surface area contributed by atoms with Gasteiger partial charge in [-0.1, -0.05) is 36.4 Å². The zero-order valence-electron chi connectivity index (χ0n) is 8.77. The second-order valence-electron chi connectivity index (χ2n) is 3.98. The van der Waals surface area contributed by atoms with Crippen molar-refractivity contribution >= 4 is 10.8 Å². The predicted octanol–water partition coefficient (Wildman–Crippen LogP) is 2.44. The zero-order valence-corrected chi connectivity index (χ0v) is 8.77. The molecule has 0 radical (unpaired) electrons. The maximum atomic E-state index is 10.0. The number of aromatic hydroxyl groups is 1. The fourth-order valence-electron chi connectivity index (χ4n) is 1.81. The molecule has 15 heavy (non-hydrogen) atoms. The van der Waals surface area contributed by atoms with Crippen molar-refractivity contribution in [2.75, 3.05) is 0 Å². The first-order valence-electron chi connectivity index (χ1n) is 5.13. The van der Waals surface area contributed by atoms with Gasteiger partial charge < -0.3 is 10.8 Å². The molecule has 0 aromatic heterocycles. The monoisotopic (exact) mass is 201 g/mol. The smallest absolute Gasteiger partial charge is 0.126 e. The molecular weight excluding hydrogens is 186 g/mol. The molecule has 0 aliphatic heterocycles. The van der Waals surface area contributed by atoms with Gasteiger partial charge >= 0.3 is 0 Å². The van der Waals surface area contributed by atoms with Gasteiger partial charge in [-0.25, -0.2) is 0 Å². The van der Waals surface area contributed by atoms with Crippen molar-refractivity contribution in [3.8, 4) is 5.75 Å². The number of hydrogen-bond acceptors (Lipinski definition) is 2. The fourth-order valence-corrected chi connectivity index (χ4v) is 1.81. The van der Waals surface area contributed by atoms with E-state index in [9.17, 15) is 5.11 Å². The number of phenolic OH excluding ortho intramolecular Hbond substituents is 1. The van der Waals surface area contributed by atoms with Gasteiger partial charge in [0.15, 0.2) is 0 Å². The van der Waals surface area contributed by atoms with Crippen LogP contribution < -0.4 is 5.73 Å². The summed E-state index contributed by atoms with van der Waals surface area (Å²) in [5.74, 6) is 0.366. The molecule has 78 valence electrons. The Morgan fingerprint density at radius 3 is 2.67 bits per heavy atom. The quantitative estimate of drug-likeness (QED) is 0.783. The van der Waals surface area contributed by atoms with Crippen LogP contribution in [-0.2, 0) is 6.42 Å². The molecule has 0 spiro atoms. The molecule has 2 nitrogen and oxygen atoms in total. The summed E-state index contributed by atoms with van der Waals surface area (Å²) in [7, 11) is 0. The van der Waals surface area contributed by atoms with E-state index in [1.165, 1.54) is 0 Å². The summed E-state index contributed by atoms with van der Waals surface area (Å²) in [5, 5.41) is 12.0. The van der Waals surface area contributed by atoms with Crippen LogP contribution >= 0.6 is 0 Å². The number of hydrogen-bond donors (Lipinski definition) is 2. The Hall–Kier alpha value is -1.54. The average molecular weight is 201 g/mol. The first-order chi connectivity index (χ1) is 7.18. The summed E-state index contributed by atoms with van der Waals surface area (Å²) < 4.78 is 0. The second-order valence-corrected chi connectivity index (χ2v) is 3.98. The molecule has 0 amide bonds. The second kappa shape index (κ2) is 3.91. The third-order valence-electron chi connectivity index (χ3n) is 2.53. The van der Waals surface area contributed by atoms with Crippen LogP contribution in [0.2, 0.25) is 0 Å². The summed E-state index contributed by atoms with van der Waals surface area (Å²) in [6, 6.07) is 11.8. The summed E-state index contributed by atoms with van der Waals surface area (Å²) in [6.07, 6.45) is 0.705. The minimum atomic E-state index is 0.0667. The molecule has 1 atom stereocenters. The van der Waals surface area contributed by atoms with Crippen LogP contribution in [0.1, 0.15) is 12.5 Å². The van der Waals surface area contributed by atoms with Crippen molar-refractivity contribution in [1.82, 2.24) is 0 Å². The van der Waals surface area contributed by atoms with Gasteiger partial charge in [0.25, 0.3) is 0 Å². The van der Waals surface area contributed by atoms with Crippen LogP contribution in [0.25, 0.3) is 10.8 Å². The maximum Gasteiger partial charge on any atom is 0.126 e. The minimum absolute atomic E-state index is 0.0667. The molecule has 0 heterocycles. The van der Waals surface area contributed by atoms with Gasteiger partial charge in [-0.05, 0) is 24.3 Å². The van der Waals surface area contributed by atoms with Gasteiger partial charge in [-0.3, -0.25) is 0 Å². The average Bonchev–Trinajstić information content (AvgIpc) is 2.22. The molecule has 2 aromatic rings. The molecule has 1 unspecified atom stereocenters. The molecule has 0 bridgehead atoms. The van der Waals surface area contributed by atoms with E-state index in [2.05, 4.69) is 0 Å². The minimum Gasteiger partial charge on any atom is -0.507 e. The molecule has 2 aromatic carbocycles. The van der Waals surface area contributed by atoms with E-state index in [1.54, 1.807) is 0 Å². The van der Waals surface area contributed by atoms with E-state index >= 15 is 0 Å². The van der Waals surface area contributed by atoms with Crippen LogP contribution in [0.15, 0.2) is 36.4 Å².